The fourth-order valence-corrected chi connectivity index (χ4v) is 6.30. The van der Waals surface area contributed by atoms with Crippen LogP contribution in [0.5, 0.6) is 11.5 Å². The molecule has 3 heterocycles. The van der Waals surface area contributed by atoms with E-state index < -0.39 is 53.9 Å². The van der Waals surface area contributed by atoms with Crippen LogP contribution in [0.25, 0.3) is 10.8 Å². The van der Waals surface area contributed by atoms with Crippen molar-refractivity contribution in [2.45, 2.75) is 82.6 Å². The van der Waals surface area contributed by atoms with E-state index in [1.165, 1.54) is 0 Å². The van der Waals surface area contributed by atoms with Crippen LogP contribution in [0, 0.1) is 0 Å². The second-order valence-electron chi connectivity index (χ2n) is 13.9. The molecule has 6 N–H and O–H groups in total. The summed E-state index contributed by atoms with van der Waals surface area (Å²) in [4.78, 5) is 54.8. The Hall–Kier alpha value is -4.68. The zero-order valence-corrected chi connectivity index (χ0v) is 28.4. The average molecular weight is 674 g/mol. The summed E-state index contributed by atoms with van der Waals surface area (Å²) >= 11 is 0. The number of ether oxygens (including phenoxy) is 2. The highest BCUT2D eigenvalue weighted by atomic mass is 16.5. The van der Waals surface area contributed by atoms with Crippen molar-refractivity contribution in [1.82, 2.24) is 20.9 Å². The zero-order valence-electron chi connectivity index (χ0n) is 28.4. The van der Waals surface area contributed by atoms with Gasteiger partial charge in [0.2, 0.25) is 17.7 Å². The van der Waals surface area contributed by atoms with Gasteiger partial charge in [-0.3, -0.25) is 24.1 Å². The van der Waals surface area contributed by atoms with Gasteiger partial charge in [0.25, 0.3) is 5.91 Å². The van der Waals surface area contributed by atoms with E-state index in [-0.39, 0.29) is 31.0 Å². The molecule has 3 aromatic rings. The molecule has 1 fully saturated rings. The first-order valence-corrected chi connectivity index (χ1v) is 16.9. The van der Waals surface area contributed by atoms with Gasteiger partial charge >= 0.3 is 0 Å². The Balaban J connectivity index is 1.43. The minimum atomic E-state index is -1.33. The van der Waals surface area contributed by atoms with Gasteiger partial charge in [-0.2, -0.15) is 0 Å². The van der Waals surface area contributed by atoms with E-state index in [4.69, 9.17) is 15.2 Å². The molecule has 0 unspecified atom stereocenters. The number of β-amino-alcohol motifs (C(OH)–C–C–N with tert-alkyl or cyclic N) is 1. The lowest BCUT2D eigenvalue weighted by Gasteiger charge is -2.33. The number of fused-ring (bicyclic) bond motifs is 13. The van der Waals surface area contributed by atoms with Crippen molar-refractivity contribution in [3.8, 4) is 11.5 Å². The molecule has 49 heavy (non-hydrogen) atoms. The molecule has 0 aromatic heterocycles. The summed E-state index contributed by atoms with van der Waals surface area (Å²) in [5.74, 6) is -1.20. The van der Waals surface area contributed by atoms with Crippen LogP contribution in [0.2, 0.25) is 0 Å². The summed E-state index contributed by atoms with van der Waals surface area (Å²) in [6.07, 6.45) is 0.666. The van der Waals surface area contributed by atoms with E-state index in [9.17, 15) is 24.3 Å². The Bertz CT molecular complexity index is 1660. The van der Waals surface area contributed by atoms with E-state index in [0.717, 1.165) is 22.8 Å². The van der Waals surface area contributed by atoms with Crippen molar-refractivity contribution in [2.75, 3.05) is 26.3 Å². The molecule has 6 rings (SSSR count). The van der Waals surface area contributed by atoms with Crippen LogP contribution in [0.4, 0.5) is 0 Å². The molecule has 0 spiro atoms. The fourth-order valence-electron chi connectivity index (χ4n) is 6.30. The second kappa shape index (κ2) is 15.7. The van der Waals surface area contributed by atoms with E-state index >= 15 is 0 Å². The molecule has 12 heteroatoms. The molecule has 4 atom stereocenters. The van der Waals surface area contributed by atoms with Gasteiger partial charge < -0.3 is 36.3 Å². The van der Waals surface area contributed by atoms with Gasteiger partial charge in [0.05, 0.1) is 43.4 Å². The molecular weight excluding hydrogens is 626 g/mol. The second-order valence-corrected chi connectivity index (χ2v) is 13.9. The molecule has 1 saturated heterocycles. The van der Waals surface area contributed by atoms with Crippen molar-refractivity contribution in [2.24, 2.45) is 5.73 Å². The summed E-state index contributed by atoms with van der Waals surface area (Å²) < 4.78 is 12.0. The summed E-state index contributed by atoms with van der Waals surface area (Å²) in [5, 5.41) is 21.9. The number of aliphatic hydroxyl groups is 1. The lowest BCUT2D eigenvalue weighted by atomic mass is 9.99. The number of hydrogen-bond donors (Lipinski definition) is 5. The van der Waals surface area contributed by atoms with Crippen molar-refractivity contribution in [1.29, 1.82) is 0 Å². The number of primary amides is 1. The third-order valence-electron chi connectivity index (χ3n) is 8.69. The van der Waals surface area contributed by atoms with Gasteiger partial charge in [-0.25, -0.2) is 0 Å². The molecular formula is C37H47N5O7. The normalized spacial score (nSPS) is 21.7. The number of aliphatic hydroxyl groups excluding tert-OH is 1. The van der Waals surface area contributed by atoms with Gasteiger partial charge in [0, 0.05) is 18.5 Å². The van der Waals surface area contributed by atoms with Crippen LogP contribution >= 0.6 is 0 Å². The molecule has 0 saturated carbocycles. The third-order valence-corrected chi connectivity index (χ3v) is 8.69. The van der Waals surface area contributed by atoms with E-state index in [1.54, 1.807) is 12.1 Å². The number of rotatable bonds is 6. The predicted octanol–water partition coefficient (Wildman–Crippen LogP) is 2.44. The maximum absolute atomic E-state index is 13.9. The SMILES string of the molecule is CC(C)(C)NC(=O)[C@@H]1CCCN1C[C@@H](O)[C@@H]1Cc2ccc(cc2)OCCCOc2cc3ccccc3cc2C(=O)N[C@@H](CC(N)=O)C(=O)N1. The topological polar surface area (TPSA) is 172 Å². The van der Waals surface area contributed by atoms with Crippen LogP contribution in [0.1, 0.15) is 62.4 Å². The molecule has 0 aliphatic carbocycles. The average Bonchev–Trinajstić information content (AvgIpc) is 3.51. The Morgan fingerprint density at radius 1 is 1.00 bits per heavy atom. The van der Waals surface area contributed by atoms with Gasteiger partial charge in [-0.05, 0) is 87.2 Å². The highest BCUT2D eigenvalue weighted by Gasteiger charge is 2.36. The quantitative estimate of drug-likeness (QED) is 0.266. The van der Waals surface area contributed by atoms with E-state index in [0.29, 0.717) is 37.5 Å². The molecule has 2 bridgehead atoms. The summed E-state index contributed by atoms with van der Waals surface area (Å²) in [6, 6.07) is 15.8. The first-order chi connectivity index (χ1) is 23.4. The molecule has 3 aliphatic heterocycles. The van der Waals surface area contributed by atoms with Crippen LogP contribution < -0.4 is 31.2 Å². The number of nitrogens with one attached hydrogen (secondary N) is 3. The van der Waals surface area contributed by atoms with Gasteiger partial charge in [-0.15, -0.1) is 0 Å². The van der Waals surface area contributed by atoms with Crippen molar-refractivity contribution in [3.63, 3.8) is 0 Å². The Kier molecular flexibility index (Phi) is 11.4. The number of hydrogen-bond acceptors (Lipinski definition) is 8. The molecule has 0 radical (unpaired) electrons. The fraction of sp³-hybridized carbons (Fsp3) is 0.459. The number of nitrogens with two attached hydrogens (primary N) is 1. The van der Waals surface area contributed by atoms with Gasteiger partial charge in [-0.1, -0.05) is 36.4 Å². The lowest BCUT2D eigenvalue weighted by molar-refractivity contribution is -0.129. The predicted molar refractivity (Wildman–Crippen MR) is 185 cm³/mol. The number of carbonyl (C=O) groups excluding carboxylic acids is 4. The molecule has 4 amide bonds. The summed E-state index contributed by atoms with van der Waals surface area (Å²) in [5.41, 5.74) is 6.16. The van der Waals surface area contributed by atoms with Gasteiger partial charge in [0.1, 0.15) is 17.5 Å². The monoisotopic (exact) mass is 673 g/mol. The van der Waals surface area contributed by atoms with Crippen LogP contribution in [0.15, 0.2) is 60.7 Å². The zero-order chi connectivity index (χ0) is 35.1. The Morgan fingerprint density at radius 3 is 2.39 bits per heavy atom. The summed E-state index contributed by atoms with van der Waals surface area (Å²) in [7, 11) is 0. The van der Waals surface area contributed by atoms with Crippen molar-refractivity contribution < 1.29 is 33.8 Å². The van der Waals surface area contributed by atoms with Gasteiger partial charge in [0.15, 0.2) is 0 Å². The van der Waals surface area contributed by atoms with Crippen LogP contribution in [-0.4, -0.2) is 89.7 Å². The number of carbonyl (C=O) groups is 4. The van der Waals surface area contributed by atoms with Crippen LogP contribution in [-0.2, 0) is 20.8 Å². The number of amides is 4. The maximum atomic E-state index is 13.9. The standard InChI is InChI=1S/C37H47N5O7/c1-37(2,3)41-36(47)30-10-6-15-42(30)22-31(43)28-18-23-11-13-26(14-12-23)48-16-7-17-49-32-20-25-9-5-4-8-24(25)19-27(32)34(45)40-29(21-33(38)44)35(46)39-28/h4-5,8-9,11-14,19-20,28-31,43H,6-7,10,15-18,21-22H2,1-3H3,(H2,38,44)(H,39,46)(H,40,45)(H,41,47)/t28-,29-,30-,31+/m0/s1. The third kappa shape index (κ3) is 9.70. The molecule has 3 aliphatic rings. The van der Waals surface area contributed by atoms with E-state index in [1.807, 2.05) is 74.2 Å². The number of nitrogens with zero attached hydrogens (tertiary/aromatic N) is 1. The Morgan fingerprint density at radius 2 is 1.69 bits per heavy atom. The number of likely N-dealkylation sites (tertiary alicyclic amines) is 1. The summed E-state index contributed by atoms with van der Waals surface area (Å²) in [6.45, 7) is 7.15. The minimum Gasteiger partial charge on any atom is -0.493 e. The maximum Gasteiger partial charge on any atom is 0.255 e. The first-order valence-electron chi connectivity index (χ1n) is 16.9. The lowest BCUT2D eigenvalue weighted by Crippen LogP contribution is -2.57. The largest absolute Gasteiger partial charge is 0.493 e. The highest BCUT2D eigenvalue weighted by molar-refractivity contribution is 6.04. The molecule has 262 valence electrons. The molecule has 12 nitrogen and oxygen atoms in total. The Labute approximate surface area is 286 Å². The first kappa shape index (κ1) is 35.6. The smallest absolute Gasteiger partial charge is 0.255 e. The van der Waals surface area contributed by atoms with Crippen molar-refractivity contribution in [3.05, 3.63) is 71.8 Å². The van der Waals surface area contributed by atoms with Crippen molar-refractivity contribution >= 4 is 34.4 Å². The van der Waals surface area contributed by atoms with E-state index in [2.05, 4.69) is 16.0 Å². The highest BCUT2D eigenvalue weighted by Crippen LogP contribution is 2.27. The number of benzene rings is 3. The minimum absolute atomic E-state index is 0.109. The molecule has 3 aromatic carbocycles. The van der Waals surface area contributed by atoms with Crippen LogP contribution in [0.3, 0.4) is 0 Å².